The van der Waals surface area contributed by atoms with E-state index < -0.39 is 0 Å². The summed E-state index contributed by atoms with van der Waals surface area (Å²) in [5, 5.41) is 3.98. The molecule has 0 bridgehead atoms. The molecule has 1 aromatic carbocycles. The molecule has 0 atom stereocenters. The zero-order chi connectivity index (χ0) is 14.8. The molecule has 0 spiro atoms. The van der Waals surface area contributed by atoms with Crippen LogP contribution in [-0.4, -0.2) is 17.1 Å². The SMILES string of the molecule is CSc1sc(C)cc1NC(=O)c1ccc2ccccc2n1. The lowest BCUT2D eigenvalue weighted by Crippen LogP contribution is -2.13. The minimum atomic E-state index is -0.172. The molecule has 0 fully saturated rings. The molecule has 1 amide bonds. The number of nitrogens with zero attached hydrogens (tertiary/aromatic N) is 1. The summed E-state index contributed by atoms with van der Waals surface area (Å²) in [5.41, 5.74) is 2.13. The number of pyridine rings is 1. The Balaban J connectivity index is 1.89. The summed E-state index contributed by atoms with van der Waals surface area (Å²) in [6.45, 7) is 2.04. The van der Waals surface area contributed by atoms with Gasteiger partial charge in [-0.3, -0.25) is 4.79 Å². The zero-order valence-electron chi connectivity index (χ0n) is 11.7. The molecule has 0 saturated carbocycles. The number of fused-ring (bicyclic) bond motifs is 1. The third-order valence-electron chi connectivity index (χ3n) is 3.09. The predicted octanol–water partition coefficient (Wildman–Crippen LogP) is 4.58. The summed E-state index contributed by atoms with van der Waals surface area (Å²) in [5.74, 6) is -0.172. The van der Waals surface area contributed by atoms with Crippen LogP contribution >= 0.6 is 23.1 Å². The number of thiophene rings is 1. The van der Waals surface area contributed by atoms with E-state index in [0.717, 1.165) is 20.8 Å². The van der Waals surface area contributed by atoms with Gasteiger partial charge in [-0.05, 0) is 31.4 Å². The van der Waals surface area contributed by atoms with Crippen molar-refractivity contribution >= 4 is 45.6 Å². The Morgan fingerprint density at radius 2 is 2.05 bits per heavy atom. The second-order valence-corrected chi connectivity index (χ2v) is 6.94. The molecule has 21 heavy (non-hydrogen) atoms. The van der Waals surface area contributed by atoms with Crippen LogP contribution in [0.5, 0.6) is 0 Å². The molecular formula is C16H14N2OS2. The first-order valence-electron chi connectivity index (χ1n) is 6.49. The summed E-state index contributed by atoms with van der Waals surface area (Å²) in [6.07, 6.45) is 2.01. The van der Waals surface area contributed by atoms with Crippen LogP contribution in [0, 0.1) is 6.92 Å². The lowest BCUT2D eigenvalue weighted by Gasteiger charge is -2.05. The average Bonchev–Trinajstić information content (AvgIpc) is 2.86. The summed E-state index contributed by atoms with van der Waals surface area (Å²) >= 11 is 3.32. The summed E-state index contributed by atoms with van der Waals surface area (Å²) in [6, 6.07) is 13.5. The van der Waals surface area contributed by atoms with Gasteiger partial charge in [0.1, 0.15) is 5.69 Å². The largest absolute Gasteiger partial charge is 0.319 e. The second-order valence-electron chi connectivity index (χ2n) is 4.61. The van der Waals surface area contributed by atoms with Crippen LogP contribution in [0.1, 0.15) is 15.4 Å². The number of hydrogen-bond acceptors (Lipinski definition) is 4. The van der Waals surface area contributed by atoms with Crippen molar-refractivity contribution in [1.82, 2.24) is 4.98 Å². The van der Waals surface area contributed by atoms with E-state index in [1.807, 2.05) is 49.6 Å². The molecule has 5 heteroatoms. The van der Waals surface area contributed by atoms with E-state index in [1.165, 1.54) is 4.88 Å². The van der Waals surface area contributed by atoms with Crippen LogP contribution in [0.25, 0.3) is 10.9 Å². The van der Waals surface area contributed by atoms with Gasteiger partial charge in [-0.2, -0.15) is 0 Å². The van der Waals surface area contributed by atoms with Gasteiger partial charge in [0, 0.05) is 10.3 Å². The van der Waals surface area contributed by atoms with Crippen LogP contribution in [0.15, 0.2) is 46.7 Å². The van der Waals surface area contributed by atoms with Crippen LogP contribution in [0.2, 0.25) is 0 Å². The molecule has 2 aromatic heterocycles. The lowest BCUT2D eigenvalue weighted by atomic mass is 10.2. The minimum Gasteiger partial charge on any atom is -0.319 e. The van der Waals surface area contributed by atoms with Crippen molar-refractivity contribution in [2.45, 2.75) is 11.1 Å². The van der Waals surface area contributed by atoms with Crippen molar-refractivity contribution in [3.8, 4) is 0 Å². The predicted molar refractivity (Wildman–Crippen MR) is 90.5 cm³/mol. The van der Waals surface area contributed by atoms with Gasteiger partial charge in [-0.15, -0.1) is 23.1 Å². The molecular weight excluding hydrogens is 300 g/mol. The number of hydrogen-bond donors (Lipinski definition) is 1. The van der Waals surface area contributed by atoms with Gasteiger partial charge >= 0.3 is 0 Å². The zero-order valence-corrected chi connectivity index (χ0v) is 13.3. The van der Waals surface area contributed by atoms with E-state index in [-0.39, 0.29) is 5.91 Å². The maximum atomic E-state index is 12.4. The Hall–Kier alpha value is -1.85. The molecule has 3 rings (SSSR count). The molecule has 3 nitrogen and oxygen atoms in total. The number of thioether (sulfide) groups is 1. The Bertz CT molecular complexity index is 811. The normalized spacial score (nSPS) is 10.8. The van der Waals surface area contributed by atoms with Gasteiger partial charge in [0.25, 0.3) is 5.91 Å². The quantitative estimate of drug-likeness (QED) is 0.720. The van der Waals surface area contributed by atoms with Gasteiger partial charge in [0.15, 0.2) is 0 Å². The third-order valence-corrected chi connectivity index (χ3v) is 5.27. The Morgan fingerprint density at radius 3 is 2.86 bits per heavy atom. The second kappa shape index (κ2) is 5.87. The number of carbonyl (C=O) groups excluding carboxylic acids is 1. The number of amides is 1. The number of aryl methyl sites for hydroxylation is 1. The van der Waals surface area contributed by atoms with Gasteiger partial charge in [-0.25, -0.2) is 4.98 Å². The van der Waals surface area contributed by atoms with Crippen LogP contribution in [0.3, 0.4) is 0 Å². The highest BCUT2D eigenvalue weighted by molar-refractivity contribution is 8.00. The molecule has 3 aromatic rings. The van der Waals surface area contributed by atoms with Crippen molar-refractivity contribution in [2.24, 2.45) is 0 Å². The topological polar surface area (TPSA) is 42.0 Å². The number of para-hydroxylation sites is 1. The number of carbonyl (C=O) groups is 1. The van der Waals surface area contributed by atoms with Gasteiger partial charge in [0.2, 0.25) is 0 Å². The summed E-state index contributed by atoms with van der Waals surface area (Å²) in [7, 11) is 0. The smallest absolute Gasteiger partial charge is 0.274 e. The lowest BCUT2D eigenvalue weighted by molar-refractivity contribution is 0.102. The van der Waals surface area contributed by atoms with E-state index in [0.29, 0.717) is 5.69 Å². The fraction of sp³-hybridized carbons (Fsp3) is 0.125. The monoisotopic (exact) mass is 314 g/mol. The number of benzene rings is 1. The van der Waals surface area contributed by atoms with Crippen molar-refractivity contribution in [1.29, 1.82) is 0 Å². The van der Waals surface area contributed by atoms with Gasteiger partial charge < -0.3 is 5.32 Å². The Morgan fingerprint density at radius 1 is 1.24 bits per heavy atom. The first-order chi connectivity index (χ1) is 10.2. The Labute approximate surface area is 131 Å². The molecule has 0 aliphatic rings. The fourth-order valence-corrected chi connectivity index (χ4v) is 3.86. The third kappa shape index (κ3) is 2.94. The van der Waals surface area contributed by atoms with Gasteiger partial charge in [-0.1, -0.05) is 24.3 Å². The molecule has 1 N–H and O–H groups in total. The molecule has 0 aliphatic heterocycles. The molecule has 0 radical (unpaired) electrons. The number of nitrogens with one attached hydrogen (secondary N) is 1. The standard InChI is InChI=1S/C16H14N2OS2/c1-10-9-14(16(20-2)21-10)18-15(19)13-8-7-11-5-3-4-6-12(11)17-13/h3-9H,1-2H3,(H,18,19). The highest BCUT2D eigenvalue weighted by Gasteiger charge is 2.12. The number of aromatic nitrogens is 1. The Kier molecular flexibility index (Phi) is 3.94. The van der Waals surface area contributed by atoms with E-state index >= 15 is 0 Å². The van der Waals surface area contributed by atoms with Crippen LogP contribution in [0.4, 0.5) is 5.69 Å². The highest BCUT2D eigenvalue weighted by atomic mass is 32.2. The maximum absolute atomic E-state index is 12.4. The highest BCUT2D eigenvalue weighted by Crippen LogP contribution is 2.34. The molecule has 0 saturated heterocycles. The summed E-state index contributed by atoms with van der Waals surface area (Å²) in [4.78, 5) is 18.0. The first-order valence-corrected chi connectivity index (χ1v) is 8.53. The number of rotatable bonds is 3. The molecule has 106 valence electrons. The van der Waals surface area contributed by atoms with E-state index in [4.69, 9.17) is 0 Å². The summed E-state index contributed by atoms with van der Waals surface area (Å²) < 4.78 is 1.11. The fourth-order valence-electron chi connectivity index (χ4n) is 2.11. The van der Waals surface area contributed by atoms with Gasteiger partial charge in [0.05, 0.1) is 15.4 Å². The van der Waals surface area contributed by atoms with Crippen molar-refractivity contribution in [2.75, 3.05) is 11.6 Å². The average molecular weight is 314 g/mol. The van der Waals surface area contributed by atoms with E-state index in [1.54, 1.807) is 29.2 Å². The number of anilines is 1. The first kappa shape index (κ1) is 14.1. The minimum absolute atomic E-state index is 0.172. The van der Waals surface area contributed by atoms with Crippen molar-refractivity contribution in [3.63, 3.8) is 0 Å². The van der Waals surface area contributed by atoms with Crippen LogP contribution in [-0.2, 0) is 0 Å². The molecule has 0 unspecified atom stereocenters. The van der Waals surface area contributed by atoms with E-state index in [9.17, 15) is 4.79 Å². The van der Waals surface area contributed by atoms with E-state index in [2.05, 4.69) is 10.3 Å². The molecule has 2 heterocycles. The molecule has 0 aliphatic carbocycles. The van der Waals surface area contributed by atoms with Crippen molar-refractivity contribution < 1.29 is 4.79 Å². The van der Waals surface area contributed by atoms with Crippen LogP contribution < -0.4 is 5.32 Å². The van der Waals surface area contributed by atoms with Crippen molar-refractivity contribution in [3.05, 3.63) is 53.0 Å². The maximum Gasteiger partial charge on any atom is 0.274 e.